The molecule has 0 aliphatic rings. The highest BCUT2D eigenvalue weighted by molar-refractivity contribution is 7.99. The third-order valence-electron chi connectivity index (χ3n) is 2.49. The second-order valence-electron chi connectivity index (χ2n) is 3.81. The van der Waals surface area contributed by atoms with Crippen LogP contribution in [0.25, 0.3) is 0 Å². The summed E-state index contributed by atoms with van der Waals surface area (Å²) in [5.41, 5.74) is 6.07. The van der Waals surface area contributed by atoms with Crippen molar-refractivity contribution in [1.82, 2.24) is 0 Å². The van der Waals surface area contributed by atoms with E-state index in [4.69, 9.17) is 5.73 Å². The topological polar surface area (TPSA) is 26.0 Å². The Labute approximate surface area is 109 Å². The number of halogens is 2. The largest absolute Gasteiger partial charge is 0.330 e. The van der Waals surface area contributed by atoms with Crippen molar-refractivity contribution in [3.63, 3.8) is 0 Å². The summed E-state index contributed by atoms with van der Waals surface area (Å²) in [6.07, 6.45) is 0.477. The van der Waals surface area contributed by atoms with E-state index >= 15 is 0 Å². The van der Waals surface area contributed by atoms with Crippen molar-refractivity contribution in [2.24, 2.45) is 5.73 Å². The number of nitrogens with two attached hydrogens (primary N) is 1. The molecule has 2 N–H and O–H groups in total. The Morgan fingerprint density at radius 3 is 2.56 bits per heavy atom. The molecule has 0 unspecified atom stereocenters. The number of rotatable bonds is 4. The minimum absolute atomic E-state index is 0.262. The summed E-state index contributed by atoms with van der Waals surface area (Å²) in [4.78, 5) is 1.53. The smallest absolute Gasteiger partial charge is 0.127 e. The molecule has 0 amide bonds. The van der Waals surface area contributed by atoms with Crippen LogP contribution in [0, 0.1) is 11.6 Å². The maximum atomic E-state index is 13.7. The summed E-state index contributed by atoms with van der Waals surface area (Å²) in [7, 11) is 0. The van der Waals surface area contributed by atoms with Gasteiger partial charge in [0.25, 0.3) is 0 Å². The van der Waals surface area contributed by atoms with E-state index in [2.05, 4.69) is 0 Å². The third kappa shape index (κ3) is 3.09. The van der Waals surface area contributed by atoms with Gasteiger partial charge in [0.05, 0.1) is 0 Å². The summed E-state index contributed by atoms with van der Waals surface area (Å²) >= 11 is 1.35. The molecular formula is C14H13F2NS. The van der Waals surface area contributed by atoms with Crippen molar-refractivity contribution in [2.75, 3.05) is 6.54 Å². The first-order valence-corrected chi connectivity index (χ1v) is 6.43. The molecule has 0 radical (unpaired) electrons. The SMILES string of the molecule is NCCc1c(F)cccc1Sc1cccc(F)c1. The number of hydrogen-bond acceptors (Lipinski definition) is 2. The van der Waals surface area contributed by atoms with Crippen molar-refractivity contribution < 1.29 is 8.78 Å². The molecule has 0 atom stereocenters. The summed E-state index contributed by atoms with van der Waals surface area (Å²) in [6, 6.07) is 11.1. The zero-order valence-electron chi connectivity index (χ0n) is 9.70. The highest BCUT2D eigenvalue weighted by atomic mass is 32.2. The molecule has 0 saturated carbocycles. The maximum Gasteiger partial charge on any atom is 0.127 e. The van der Waals surface area contributed by atoms with Gasteiger partial charge in [-0.2, -0.15) is 0 Å². The molecule has 0 aliphatic carbocycles. The molecule has 0 aliphatic heterocycles. The quantitative estimate of drug-likeness (QED) is 0.913. The van der Waals surface area contributed by atoms with Gasteiger partial charge in [-0.25, -0.2) is 8.78 Å². The summed E-state index contributed by atoms with van der Waals surface area (Å²) < 4.78 is 26.8. The Bertz CT molecular complexity index is 543. The highest BCUT2D eigenvalue weighted by Crippen LogP contribution is 2.32. The van der Waals surface area contributed by atoms with Crippen molar-refractivity contribution in [3.05, 3.63) is 59.7 Å². The normalized spacial score (nSPS) is 10.6. The fraction of sp³-hybridized carbons (Fsp3) is 0.143. The molecule has 2 aromatic rings. The zero-order chi connectivity index (χ0) is 13.0. The average molecular weight is 265 g/mol. The van der Waals surface area contributed by atoms with Gasteiger partial charge in [0.2, 0.25) is 0 Å². The van der Waals surface area contributed by atoms with E-state index in [9.17, 15) is 8.78 Å². The Hall–Kier alpha value is -1.39. The molecule has 2 rings (SSSR count). The molecule has 4 heteroatoms. The van der Waals surface area contributed by atoms with Crippen LogP contribution in [0.4, 0.5) is 8.78 Å². The Kier molecular flexibility index (Phi) is 4.33. The van der Waals surface area contributed by atoms with Crippen LogP contribution in [0.5, 0.6) is 0 Å². The van der Waals surface area contributed by atoms with Gasteiger partial charge < -0.3 is 5.73 Å². The Balaban J connectivity index is 2.31. The molecule has 94 valence electrons. The zero-order valence-corrected chi connectivity index (χ0v) is 10.5. The minimum atomic E-state index is -0.295. The van der Waals surface area contributed by atoms with E-state index in [-0.39, 0.29) is 11.6 Å². The first-order valence-electron chi connectivity index (χ1n) is 5.61. The second-order valence-corrected chi connectivity index (χ2v) is 4.93. The lowest BCUT2D eigenvalue weighted by atomic mass is 10.1. The Morgan fingerprint density at radius 2 is 1.83 bits per heavy atom. The lowest BCUT2D eigenvalue weighted by molar-refractivity contribution is 0.603. The monoisotopic (exact) mass is 265 g/mol. The van der Waals surface area contributed by atoms with Gasteiger partial charge in [-0.3, -0.25) is 0 Å². The summed E-state index contributed by atoms with van der Waals surface area (Å²) in [5, 5.41) is 0. The van der Waals surface area contributed by atoms with Crippen LogP contribution < -0.4 is 5.73 Å². The molecule has 18 heavy (non-hydrogen) atoms. The first-order chi connectivity index (χ1) is 8.70. The summed E-state index contributed by atoms with van der Waals surface area (Å²) in [6.45, 7) is 0.387. The summed E-state index contributed by atoms with van der Waals surface area (Å²) in [5.74, 6) is -0.557. The predicted molar refractivity (Wildman–Crippen MR) is 69.7 cm³/mol. The number of hydrogen-bond donors (Lipinski definition) is 1. The van der Waals surface area contributed by atoms with Crippen molar-refractivity contribution in [1.29, 1.82) is 0 Å². The van der Waals surface area contributed by atoms with Crippen LogP contribution in [0.1, 0.15) is 5.56 Å². The third-order valence-corrected chi connectivity index (χ3v) is 3.59. The van der Waals surface area contributed by atoms with Crippen molar-refractivity contribution in [3.8, 4) is 0 Å². The molecule has 0 heterocycles. The second kappa shape index (κ2) is 5.98. The van der Waals surface area contributed by atoms with Crippen LogP contribution in [-0.4, -0.2) is 6.54 Å². The Morgan fingerprint density at radius 1 is 1.06 bits per heavy atom. The van der Waals surface area contributed by atoms with Gasteiger partial charge in [0.15, 0.2) is 0 Å². The fourth-order valence-corrected chi connectivity index (χ4v) is 2.72. The van der Waals surface area contributed by atoms with Gasteiger partial charge in [-0.15, -0.1) is 0 Å². The van der Waals surface area contributed by atoms with E-state index in [0.29, 0.717) is 18.5 Å². The van der Waals surface area contributed by atoms with Crippen LogP contribution in [0.2, 0.25) is 0 Å². The van der Waals surface area contributed by atoms with Gasteiger partial charge >= 0.3 is 0 Å². The maximum absolute atomic E-state index is 13.7. The van der Waals surface area contributed by atoms with Gasteiger partial charge in [-0.05, 0) is 43.3 Å². The van der Waals surface area contributed by atoms with Gasteiger partial charge in [0, 0.05) is 15.4 Å². The average Bonchev–Trinajstić information content (AvgIpc) is 2.34. The molecule has 0 bridgehead atoms. The van der Waals surface area contributed by atoms with E-state index in [1.807, 2.05) is 6.07 Å². The molecule has 0 spiro atoms. The lowest BCUT2D eigenvalue weighted by Gasteiger charge is -2.09. The molecule has 0 aromatic heterocycles. The predicted octanol–water partition coefficient (Wildman–Crippen LogP) is 3.62. The number of benzene rings is 2. The molecule has 0 fully saturated rings. The molecule has 0 saturated heterocycles. The van der Waals surface area contributed by atoms with Crippen molar-refractivity contribution in [2.45, 2.75) is 16.2 Å². The van der Waals surface area contributed by atoms with Gasteiger partial charge in [-0.1, -0.05) is 23.9 Å². The van der Waals surface area contributed by atoms with E-state index in [0.717, 1.165) is 9.79 Å². The van der Waals surface area contributed by atoms with Crippen LogP contribution in [0.15, 0.2) is 52.3 Å². The van der Waals surface area contributed by atoms with Crippen LogP contribution in [0.3, 0.4) is 0 Å². The molecule has 2 aromatic carbocycles. The first kappa shape index (κ1) is 13.1. The van der Waals surface area contributed by atoms with Crippen molar-refractivity contribution >= 4 is 11.8 Å². The van der Waals surface area contributed by atoms with E-state index < -0.39 is 0 Å². The lowest BCUT2D eigenvalue weighted by Crippen LogP contribution is -2.05. The van der Waals surface area contributed by atoms with Crippen LogP contribution >= 0.6 is 11.8 Å². The molecular weight excluding hydrogens is 252 g/mol. The van der Waals surface area contributed by atoms with E-state index in [1.54, 1.807) is 18.2 Å². The highest BCUT2D eigenvalue weighted by Gasteiger charge is 2.09. The van der Waals surface area contributed by atoms with Crippen LogP contribution in [-0.2, 0) is 6.42 Å². The van der Waals surface area contributed by atoms with Gasteiger partial charge in [0.1, 0.15) is 11.6 Å². The minimum Gasteiger partial charge on any atom is -0.330 e. The fourth-order valence-electron chi connectivity index (χ4n) is 1.68. The van der Waals surface area contributed by atoms with E-state index in [1.165, 1.54) is 30.0 Å². The molecule has 1 nitrogen and oxygen atoms in total. The standard InChI is InChI=1S/C14H13F2NS/c15-10-3-1-4-11(9-10)18-14-6-2-5-13(16)12(14)7-8-17/h1-6,9H,7-8,17H2.